The SMILES string of the molecule is Cc1cccc(-c2nnc(SCC(=O)NCc3ccc(F)cc3)n2C)c1. The second-order valence-electron chi connectivity index (χ2n) is 5.93. The van der Waals surface area contributed by atoms with Crippen molar-refractivity contribution >= 4 is 17.7 Å². The summed E-state index contributed by atoms with van der Waals surface area (Å²) >= 11 is 1.33. The van der Waals surface area contributed by atoms with E-state index >= 15 is 0 Å². The van der Waals surface area contributed by atoms with E-state index < -0.39 is 0 Å². The summed E-state index contributed by atoms with van der Waals surface area (Å²) in [5.41, 5.74) is 3.00. The van der Waals surface area contributed by atoms with Crippen LogP contribution in [0, 0.1) is 12.7 Å². The lowest BCUT2D eigenvalue weighted by Crippen LogP contribution is -2.24. The molecule has 1 heterocycles. The first-order valence-corrected chi connectivity index (χ1v) is 9.12. The van der Waals surface area contributed by atoms with Gasteiger partial charge in [-0.1, -0.05) is 47.7 Å². The number of hydrogen-bond donors (Lipinski definition) is 1. The summed E-state index contributed by atoms with van der Waals surface area (Å²) in [7, 11) is 1.89. The Morgan fingerprint density at radius 2 is 1.96 bits per heavy atom. The van der Waals surface area contributed by atoms with E-state index in [0.717, 1.165) is 22.5 Å². The molecule has 0 unspecified atom stereocenters. The number of aromatic nitrogens is 3. The molecule has 7 heteroatoms. The topological polar surface area (TPSA) is 59.8 Å². The van der Waals surface area contributed by atoms with Gasteiger partial charge >= 0.3 is 0 Å². The molecule has 26 heavy (non-hydrogen) atoms. The third-order valence-electron chi connectivity index (χ3n) is 3.85. The van der Waals surface area contributed by atoms with Crippen molar-refractivity contribution in [3.63, 3.8) is 0 Å². The zero-order chi connectivity index (χ0) is 18.5. The molecule has 0 bridgehead atoms. The summed E-state index contributed by atoms with van der Waals surface area (Å²) in [6.45, 7) is 2.40. The number of aryl methyl sites for hydroxylation is 1. The maximum atomic E-state index is 12.9. The second kappa shape index (κ2) is 8.14. The van der Waals surface area contributed by atoms with E-state index in [1.54, 1.807) is 12.1 Å². The summed E-state index contributed by atoms with van der Waals surface area (Å²) in [5.74, 6) is 0.603. The number of rotatable bonds is 6. The van der Waals surface area contributed by atoms with Gasteiger partial charge in [-0.25, -0.2) is 4.39 Å². The number of amides is 1. The number of hydrogen-bond acceptors (Lipinski definition) is 4. The highest BCUT2D eigenvalue weighted by atomic mass is 32.2. The molecule has 0 radical (unpaired) electrons. The van der Waals surface area contributed by atoms with E-state index in [0.29, 0.717) is 11.7 Å². The van der Waals surface area contributed by atoms with Crippen LogP contribution in [0.4, 0.5) is 4.39 Å². The van der Waals surface area contributed by atoms with Crippen molar-refractivity contribution in [2.24, 2.45) is 7.05 Å². The van der Waals surface area contributed by atoms with Gasteiger partial charge in [0.15, 0.2) is 11.0 Å². The summed E-state index contributed by atoms with van der Waals surface area (Å²) < 4.78 is 14.8. The van der Waals surface area contributed by atoms with Gasteiger partial charge in [-0.05, 0) is 30.7 Å². The lowest BCUT2D eigenvalue weighted by Gasteiger charge is -2.06. The summed E-state index contributed by atoms with van der Waals surface area (Å²) in [6.07, 6.45) is 0. The molecule has 0 saturated heterocycles. The van der Waals surface area contributed by atoms with Gasteiger partial charge in [0.1, 0.15) is 5.82 Å². The van der Waals surface area contributed by atoms with Gasteiger partial charge in [0, 0.05) is 19.2 Å². The van der Waals surface area contributed by atoms with Crippen LogP contribution in [0.2, 0.25) is 0 Å². The lowest BCUT2D eigenvalue weighted by atomic mass is 10.1. The average molecular weight is 370 g/mol. The number of nitrogens with one attached hydrogen (secondary N) is 1. The average Bonchev–Trinajstić information content (AvgIpc) is 3.00. The Bertz CT molecular complexity index is 908. The maximum absolute atomic E-state index is 12.9. The molecule has 0 aliphatic heterocycles. The first-order valence-electron chi connectivity index (χ1n) is 8.13. The quantitative estimate of drug-likeness (QED) is 0.676. The molecule has 5 nitrogen and oxygen atoms in total. The van der Waals surface area contributed by atoms with E-state index in [-0.39, 0.29) is 17.5 Å². The Morgan fingerprint density at radius 1 is 1.19 bits per heavy atom. The first kappa shape index (κ1) is 18.1. The van der Waals surface area contributed by atoms with Crippen LogP contribution < -0.4 is 5.32 Å². The predicted molar refractivity (Wildman–Crippen MR) is 100 cm³/mol. The van der Waals surface area contributed by atoms with Crippen molar-refractivity contribution in [3.05, 3.63) is 65.5 Å². The fourth-order valence-electron chi connectivity index (χ4n) is 2.46. The summed E-state index contributed by atoms with van der Waals surface area (Å²) in [5, 5.41) is 11.9. The van der Waals surface area contributed by atoms with Crippen molar-refractivity contribution in [2.75, 3.05) is 5.75 Å². The van der Waals surface area contributed by atoms with Crippen LogP contribution in [-0.2, 0) is 18.4 Å². The summed E-state index contributed by atoms with van der Waals surface area (Å²) in [4.78, 5) is 12.0. The lowest BCUT2D eigenvalue weighted by molar-refractivity contribution is -0.118. The maximum Gasteiger partial charge on any atom is 0.230 e. The monoisotopic (exact) mass is 370 g/mol. The number of halogens is 1. The molecule has 0 aliphatic carbocycles. The smallest absolute Gasteiger partial charge is 0.230 e. The fraction of sp³-hybridized carbons (Fsp3) is 0.211. The molecular formula is C19H19FN4OS. The highest BCUT2D eigenvalue weighted by molar-refractivity contribution is 7.99. The number of carbonyl (C=O) groups excluding carboxylic acids is 1. The first-order chi connectivity index (χ1) is 12.5. The molecule has 1 N–H and O–H groups in total. The fourth-order valence-corrected chi connectivity index (χ4v) is 3.20. The largest absolute Gasteiger partial charge is 0.351 e. The number of carbonyl (C=O) groups is 1. The van der Waals surface area contributed by atoms with Gasteiger partial charge in [-0.15, -0.1) is 10.2 Å². The van der Waals surface area contributed by atoms with Gasteiger partial charge in [0.05, 0.1) is 5.75 Å². The number of thioether (sulfide) groups is 1. The van der Waals surface area contributed by atoms with E-state index in [1.807, 2.05) is 42.8 Å². The Labute approximate surface area is 155 Å². The molecule has 3 rings (SSSR count). The van der Waals surface area contributed by atoms with Crippen molar-refractivity contribution < 1.29 is 9.18 Å². The minimum atomic E-state index is -0.290. The van der Waals surface area contributed by atoms with E-state index in [1.165, 1.54) is 23.9 Å². The minimum Gasteiger partial charge on any atom is -0.351 e. The molecule has 2 aromatic carbocycles. The molecular weight excluding hydrogens is 351 g/mol. The van der Waals surface area contributed by atoms with Gasteiger partial charge < -0.3 is 9.88 Å². The van der Waals surface area contributed by atoms with Crippen LogP contribution in [0.25, 0.3) is 11.4 Å². The standard InChI is InChI=1S/C19H19FN4OS/c1-13-4-3-5-15(10-13)18-22-23-19(24(18)2)26-12-17(25)21-11-14-6-8-16(20)9-7-14/h3-10H,11-12H2,1-2H3,(H,21,25). The van der Waals surface area contributed by atoms with Crippen molar-refractivity contribution in [1.82, 2.24) is 20.1 Å². The minimum absolute atomic E-state index is 0.112. The van der Waals surface area contributed by atoms with Gasteiger partial charge in [-0.2, -0.15) is 0 Å². The van der Waals surface area contributed by atoms with Crippen molar-refractivity contribution in [1.29, 1.82) is 0 Å². The Morgan fingerprint density at radius 3 is 2.69 bits per heavy atom. The van der Waals surface area contributed by atoms with E-state index in [4.69, 9.17) is 0 Å². The van der Waals surface area contributed by atoms with Gasteiger partial charge in [-0.3, -0.25) is 4.79 Å². The van der Waals surface area contributed by atoms with Crippen LogP contribution in [0.1, 0.15) is 11.1 Å². The van der Waals surface area contributed by atoms with Crippen LogP contribution >= 0.6 is 11.8 Å². The van der Waals surface area contributed by atoms with E-state index in [9.17, 15) is 9.18 Å². The number of nitrogens with zero attached hydrogens (tertiary/aromatic N) is 3. The van der Waals surface area contributed by atoms with Crippen LogP contribution in [0.15, 0.2) is 53.7 Å². The highest BCUT2D eigenvalue weighted by Crippen LogP contribution is 2.23. The summed E-state index contributed by atoms with van der Waals surface area (Å²) in [6, 6.07) is 14.1. The third kappa shape index (κ3) is 4.49. The van der Waals surface area contributed by atoms with Crippen molar-refractivity contribution in [2.45, 2.75) is 18.6 Å². The van der Waals surface area contributed by atoms with Crippen LogP contribution in [-0.4, -0.2) is 26.4 Å². The molecule has 0 atom stereocenters. The Kier molecular flexibility index (Phi) is 5.68. The van der Waals surface area contributed by atoms with E-state index in [2.05, 4.69) is 15.5 Å². The highest BCUT2D eigenvalue weighted by Gasteiger charge is 2.13. The number of benzene rings is 2. The normalized spacial score (nSPS) is 10.7. The molecule has 0 saturated carbocycles. The Balaban J connectivity index is 1.56. The molecule has 0 fully saturated rings. The van der Waals surface area contributed by atoms with Gasteiger partial charge in [0.25, 0.3) is 0 Å². The predicted octanol–water partition coefficient (Wildman–Crippen LogP) is 3.34. The Hall–Kier alpha value is -2.67. The third-order valence-corrected chi connectivity index (χ3v) is 4.87. The molecule has 3 aromatic rings. The molecule has 1 amide bonds. The molecule has 0 spiro atoms. The zero-order valence-electron chi connectivity index (χ0n) is 14.6. The molecule has 1 aromatic heterocycles. The second-order valence-corrected chi connectivity index (χ2v) is 6.87. The van der Waals surface area contributed by atoms with Crippen LogP contribution in [0.5, 0.6) is 0 Å². The van der Waals surface area contributed by atoms with Gasteiger partial charge in [0.2, 0.25) is 5.91 Å². The molecule has 0 aliphatic rings. The van der Waals surface area contributed by atoms with Crippen molar-refractivity contribution in [3.8, 4) is 11.4 Å². The van der Waals surface area contributed by atoms with Crippen LogP contribution in [0.3, 0.4) is 0 Å². The zero-order valence-corrected chi connectivity index (χ0v) is 15.4. The molecule has 134 valence electrons.